The average Bonchev–Trinajstić information content (AvgIpc) is 3.07. The lowest BCUT2D eigenvalue weighted by atomic mass is 9.85. The molecule has 0 spiro atoms. The molecule has 3 saturated heterocycles. The number of rotatable bonds is 6. The highest BCUT2D eigenvalue weighted by Gasteiger charge is 2.42. The van der Waals surface area contributed by atoms with E-state index >= 15 is 0 Å². The van der Waals surface area contributed by atoms with E-state index in [2.05, 4.69) is 42.3 Å². The van der Waals surface area contributed by atoms with E-state index in [9.17, 15) is 9.18 Å². The number of alkyl halides is 1. The van der Waals surface area contributed by atoms with Crippen LogP contribution in [0.1, 0.15) is 43.9 Å². The predicted molar refractivity (Wildman–Crippen MR) is 126 cm³/mol. The second kappa shape index (κ2) is 8.98. The molecule has 0 saturated carbocycles. The molecule has 0 radical (unpaired) electrons. The van der Waals surface area contributed by atoms with Gasteiger partial charge in [0.05, 0.1) is 6.04 Å². The van der Waals surface area contributed by atoms with Gasteiger partial charge in [0, 0.05) is 6.54 Å². The maximum absolute atomic E-state index is 12.9. The van der Waals surface area contributed by atoms with E-state index in [4.69, 9.17) is 9.47 Å². The van der Waals surface area contributed by atoms with Crippen LogP contribution in [0.4, 0.5) is 9.18 Å². The molecule has 3 fully saturated rings. The van der Waals surface area contributed by atoms with Crippen LogP contribution in [0.25, 0.3) is 11.1 Å². The van der Waals surface area contributed by atoms with Gasteiger partial charge in [-0.2, -0.15) is 0 Å². The van der Waals surface area contributed by atoms with Gasteiger partial charge in [-0.15, -0.1) is 0 Å². The van der Waals surface area contributed by atoms with Gasteiger partial charge in [0.15, 0.2) is 0 Å². The van der Waals surface area contributed by atoms with Crippen molar-refractivity contribution < 1.29 is 18.7 Å². The molecule has 2 aromatic carbocycles. The lowest BCUT2D eigenvalue weighted by Gasteiger charge is -2.44. The van der Waals surface area contributed by atoms with E-state index < -0.39 is 6.67 Å². The van der Waals surface area contributed by atoms with Crippen molar-refractivity contribution in [2.24, 2.45) is 11.3 Å². The van der Waals surface area contributed by atoms with Gasteiger partial charge in [0.1, 0.15) is 25.1 Å². The fraction of sp³-hybridized carbons (Fsp3) is 0.519. The van der Waals surface area contributed by atoms with E-state index in [1.165, 1.54) is 5.56 Å². The van der Waals surface area contributed by atoms with Gasteiger partial charge in [0.25, 0.3) is 0 Å². The predicted octanol–water partition coefficient (Wildman–Crippen LogP) is 5.15. The summed E-state index contributed by atoms with van der Waals surface area (Å²) in [5.74, 6) is 1.16. The third-order valence-corrected chi connectivity index (χ3v) is 7.51. The Morgan fingerprint density at radius 3 is 2.67 bits per heavy atom. The Hall–Kier alpha value is -2.60. The van der Waals surface area contributed by atoms with Crippen LogP contribution in [-0.2, 0) is 11.2 Å². The molecule has 0 aromatic heterocycles. The standard InChI is InChI=1S/C27H33FN2O3/c1-27(2)16-21-14-20(19-4-3-5-22(15-19)32-13-10-28)6-7-23(21)25(27)29-26(31)33-24-17-30-11-8-18(24)9-12-30/h3-7,14-15,18,24-25H,8-13,16-17H2,1-2H3,(H,29,31)/t24-,25?/m1/s1. The Kier molecular flexibility index (Phi) is 6.04. The molecule has 33 heavy (non-hydrogen) atoms. The van der Waals surface area contributed by atoms with Crippen molar-refractivity contribution in [1.29, 1.82) is 0 Å². The molecule has 1 unspecified atom stereocenters. The minimum absolute atomic E-state index is 0.00533. The molecule has 1 amide bonds. The number of hydrogen-bond donors (Lipinski definition) is 1. The van der Waals surface area contributed by atoms with Gasteiger partial charge in [-0.25, -0.2) is 9.18 Å². The highest BCUT2D eigenvalue weighted by atomic mass is 19.1. The zero-order valence-electron chi connectivity index (χ0n) is 19.5. The molecule has 3 heterocycles. The second-order valence-corrected chi connectivity index (χ2v) is 10.3. The molecular weight excluding hydrogens is 419 g/mol. The molecule has 2 bridgehead atoms. The zero-order chi connectivity index (χ0) is 23.0. The Bertz CT molecular complexity index is 1020. The maximum atomic E-state index is 12.9. The molecule has 4 aliphatic rings. The summed E-state index contributed by atoms with van der Waals surface area (Å²) in [5, 5.41) is 3.19. The number of nitrogens with zero attached hydrogens (tertiary/aromatic N) is 1. The Morgan fingerprint density at radius 2 is 1.94 bits per heavy atom. The van der Waals surface area contributed by atoms with Crippen LogP contribution in [0.5, 0.6) is 5.75 Å². The van der Waals surface area contributed by atoms with Crippen molar-refractivity contribution >= 4 is 6.09 Å². The number of nitrogens with one attached hydrogen (secondary N) is 1. The molecule has 1 N–H and O–H groups in total. The normalized spacial score (nSPS) is 27.1. The van der Waals surface area contributed by atoms with Crippen molar-refractivity contribution in [2.45, 2.75) is 45.3 Å². The molecule has 6 heteroatoms. The second-order valence-electron chi connectivity index (χ2n) is 10.3. The van der Waals surface area contributed by atoms with Crippen molar-refractivity contribution in [1.82, 2.24) is 10.2 Å². The van der Waals surface area contributed by atoms with Crippen LogP contribution in [0.3, 0.4) is 0 Å². The minimum Gasteiger partial charge on any atom is -0.491 e. The van der Waals surface area contributed by atoms with Crippen LogP contribution in [0.15, 0.2) is 42.5 Å². The molecule has 3 aliphatic heterocycles. The third kappa shape index (κ3) is 4.58. The molecule has 2 atom stereocenters. The van der Waals surface area contributed by atoms with Crippen molar-refractivity contribution in [2.75, 3.05) is 32.9 Å². The molecule has 5 nitrogen and oxygen atoms in total. The van der Waals surface area contributed by atoms with Crippen LogP contribution in [-0.4, -0.2) is 50.0 Å². The monoisotopic (exact) mass is 452 g/mol. The summed E-state index contributed by atoms with van der Waals surface area (Å²) in [6.45, 7) is 7.05. The summed E-state index contributed by atoms with van der Waals surface area (Å²) in [5.41, 5.74) is 4.40. The average molecular weight is 453 g/mol. The Balaban J connectivity index is 1.31. The van der Waals surface area contributed by atoms with Gasteiger partial charge >= 0.3 is 6.09 Å². The van der Waals surface area contributed by atoms with Gasteiger partial charge in [-0.3, -0.25) is 4.90 Å². The Labute approximate surface area is 195 Å². The lowest BCUT2D eigenvalue weighted by molar-refractivity contribution is -0.0348. The first-order valence-corrected chi connectivity index (χ1v) is 12.0. The zero-order valence-corrected chi connectivity index (χ0v) is 19.5. The number of fused-ring (bicyclic) bond motifs is 4. The topological polar surface area (TPSA) is 50.8 Å². The summed E-state index contributed by atoms with van der Waals surface area (Å²) in [4.78, 5) is 15.3. The SMILES string of the molecule is CC1(C)Cc2cc(-c3cccc(OCCF)c3)ccc2C1NC(=O)O[C@@H]1CN2CCC1CC2. The first-order valence-electron chi connectivity index (χ1n) is 12.0. The number of piperidine rings is 3. The maximum Gasteiger partial charge on any atom is 0.407 e. The number of alkyl carbamates (subject to hydrolysis) is 1. The van der Waals surface area contributed by atoms with E-state index in [0.717, 1.165) is 55.6 Å². The van der Waals surface area contributed by atoms with Gasteiger partial charge in [-0.1, -0.05) is 44.2 Å². The third-order valence-electron chi connectivity index (χ3n) is 7.51. The molecule has 2 aromatic rings. The molecule has 1 aliphatic carbocycles. The number of carbonyl (C=O) groups is 1. The van der Waals surface area contributed by atoms with Gasteiger partial charge in [-0.05, 0) is 78.1 Å². The number of ether oxygens (including phenoxy) is 2. The highest BCUT2D eigenvalue weighted by Crippen LogP contribution is 2.46. The minimum atomic E-state index is -0.505. The smallest absolute Gasteiger partial charge is 0.407 e. The van der Waals surface area contributed by atoms with E-state index in [-0.39, 0.29) is 30.3 Å². The number of carbonyl (C=O) groups excluding carboxylic acids is 1. The van der Waals surface area contributed by atoms with Crippen molar-refractivity contribution in [3.05, 3.63) is 53.6 Å². The van der Waals surface area contributed by atoms with Gasteiger partial charge in [0.2, 0.25) is 0 Å². The summed E-state index contributed by atoms with van der Waals surface area (Å²) in [6.07, 6.45) is 2.82. The molecule has 6 rings (SSSR count). The number of hydrogen-bond acceptors (Lipinski definition) is 4. The van der Waals surface area contributed by atoms with E-state index in [1.54, 1.807) is 0 Å². The van der Waals surface area contributed by atoms with Crippen LogP contribution in [0, 0.1) is 11.3 Å². The highest BCUT2D eigenvalue weighted by molar-refractivity contribution is 5.70. The van der Waals surface area contributed by atoms with Crippen LogP contribution >= 0.6 is 0 Å². The first-order chi connectivity index (χ1) is 15.9. The summed E-state index contributed by atoms with van der Waals surface area (Å²) in [6, 6.07) is 14.1. The lowest BCUT2D eigenvalue weighted by Crippen LogP contribution is -2.53. The summed E-state index contributed by atoms with van der Waals surface area (Å²) in [7, 11) is 0. The number of amides is 1. The quantitative estimate of drug-likeness (QED) is 0.659. The fourth-order valence-corrected chi connectivity index (χ4v) is 5.76. The van der Waals surface area contributed by atoms with E-state index in [0.29, 0.717) is 11.7 Å². The molecular formula is C27H33FN2O3. The number of halogens is 1. The summed E-state index contributed by atoms with van der Waals surface area (Å²) < 4.78 is 23.8. The molecule has 176 valence electrons. The van der Waals surface area contributed by atoms with Crippen molar-refractivity contribution in [3.8, 4) is 16.9 Å². The first kappa shape index (κ1) is 22.2. The summed E-state index contributed by atoms with van der Waals surface area (Å²) >= 11 is 0. The van der Waals surface area contributed by atoms with Gasteiger partial charge < -0.3 is 14.8 Å². The van der Waals surface area contributed by atoms with Crippen LogP contribution < -0.4 is 10.1 Å². The fourth-order valence-electron chi connectivity index (χ4n) is 5.76. The largest absolute Gasteiger partial charge is 0.491 e. The van der Waals surface area contributed by atoms with Crippen LogP contribution in [0.2, 0.25) is 0 Å². The Morgan fingerprint density at radius 1 is 1.15 bits per heavy atom. The number of benzene rings is 2. The van der Waals surface area contributed by atoms with Crippen molar-refractivity contribution in [3.63, 3.8) is 0 Å². The van der Waals surface area contributed by atoms with E-state index in [1.807, 2.05) is 24.3 Å².